The third-order valence-electron chi connectivity index (χ3n) is 6.28. The van der Waals surface area contributed by atoms with E-state index in [2.05, 4.69) is 18.2 Å². The fourth-order valence-electron chi connectivity index (χ4n) is 4.70. The number of nitrogens with zero attached hydrogens (tertiary/aromatic N) is 1. The Kier molecular flexibility index (Phi) is 5.09. The van der Waals surface area contributed by atoms with Crippen LogP contribution in [0.3, 0.4) is 0 Å². The third-order valence-corrected chi connectivity index (χ3v) is 6.28. The minimum absolute atomic E-state index is 0.0116. The van der Waals surface area contributed by atoms with Crippen molar-refractivity contribution in [2.75, 3.05) is 0 Å². The molecule has 2 atom stereocenters. The van der Waals surface area contributed by atoms with Crippen molar-refractivity contribution < 1.29 is 9.53 Å². The maximum atomic E-state index is 13.3. The summed E-state index contributed by atoms with van der Waals surface area (Å²) in [6.45, 7) is 0. The summed E-state index contributed by atoms with van der Waals surface area (Å²) in [6, 6.07) is 30.3. The van der Waals surface area contributed by atoms with Crippen molar-refractivity contribution >= 4 is 5.78 Å². The molecule has 0 saturated carbocycles. The Morgan fingerprint density at radius 1 is 0.812 bits per heavy atom. The molecule has 0 fully saturated rings. The molecule has 4 heteroatoms. The minimum atomic E-state index is -0.502. The normalized spacial score (nSPS) is 20.4. The van der Waals surface area contributed by atoms with Crippen LogP contribution in [0.1, 0.15) is 35.8 Å². The SMILES string of the molecule is N#CC1=C(N)OC2=C(C(=O)C[C@H](c3ccccc3)C2)[C@H]1c1ccc(-c2ccccc2)cc1. The quantitative estimate of drug-likeness (QED) is 0.604. The molecule has 3 aromatic carbocycles. The second-order valence-electron chi connectivity index (χ2n) is 8.19. The van der Waals surface area contributed by atoms with Crippen LogP contribution >= 0.6 is 0 Å². The van der Waals surface area contributed by atoms with Gasteiger partial charge in [0, 0.05) is 18.4 Å². The van der Waals surface area contributed by atoms with Crippen LogP contribution in [0.5, 0.6) is 0 Å². The van der Waals surface area contributed by atoms with Gasteiger partial charge in [0.05, 0.1) is 5.92 Å². The molecule has 2 aliphatic rings. The second-order valence-corrected chi connectivity index (χ2v) is 8.19. The highest BCUT2D eigenvalue weighted by Crippen LogP contribution is 2.46. The standard InChI is InChI=1S/C28H22N2O2/c29-17-23-26(21-13-11-20(12-14-21)18-7-3-1-4-8-18)27-24(31)15-22(16-25(27)32-28(23)30)19-9-5-2-6-10-19/h1-14,22,26H,15-16,30H2/t22-,26-/m0/s1. The average molecular weight is 418 g/mol. The number of carbonyl (C=O) groups is 1. The molecule has 1 heterocycles. The van der Waals surface area contributed by atoms with Gasteiger partial charge in [0.15, 0.2) is 5.78 Å². The van der Waals surface area contributed by atoms with E-state index in [-0.39, 0.29) is 17.6 Å². The van der Waals surface area contributed by atoms with Crippen LogP contribution in [0.4, 0.5) is 0 Å². The van der Waals surface area contributed by atoms with Crippen LogP contribution in [0.2, 0.25) is 0 Å². The predicted octanol–water partition coefficient (Wildman–Crippen LogP) is 5.56. The van der Waals surface area contributed by atoms with E-state index in [1.54, 1.807) is 0 Å². The van der Waals surface area contributed by atoms with Gasteiger partial charge in [-0.15, -0.1) is 0 Å². The Bertz CT molecular complexity index is 1270. The zero-order chi connectivity index (χ0) is 22.1. The zero-order valence-electron chi connectivity index (χ0n) is 17.5. The molecule has 3 aromatic rings. The Morgan fingerprint density at radius 2 is 1.44 bits per heavy atom. The molecule has 0 amide bonds. The van der Waals surface area contributed by atoms with Crippen LogP contribution in [0.15, 0.2) is 108 Å². The molecule has 0 saturated heterocycles. The molecular formula is C28H22N2O2. The topological polar surface area (TPSA) is 76.1 Å². The van der Waals surface area contributed by atoms with Crippen molar-refractivity contribution in [2.24, 2.45) is 5.73 Å². The first-order valence-electron chi connectivity index (χ1n) is 10.7. The molecular weight excluding hydrogens is 396 g/mol. The van der Waals surface area contributed by atoms with Crippen LogP contribution in [0.25, 0.3) is 11.1 Å². The van der Waals surface area contributed by atoms with Gasteiger partial charge in [-0.25, -0.2) is 0 Å². The molecule has 0 radical (unpaired) electrons. The summed E-state index contributed by atoms with van der Waals surface area (Å²) in [5.74, 6) is 0.226. The first-order valence-corrected chi connectivity index (χ1v) is 10.7. The molecule has 4 nitrogen and oxygen atoms in total. The van der Waals surface area contributed by atoms with E-state index in [0.717, 1.165) is 22.3 Å². The molecule has 156 valence electrons. The van der Waals surface area contributed by atoms with Gasteiger partial charge in [-0.1, -0.05) is 84.9 Å². The predicted molar refractivity (Wildman–Crippen MR) is 123 cm³/mol. The van der Waals surface area contributed by atoms with Gasteiger partial charge in [-0.2, -0.15) is 5.26 Å². The van der Waals surface area contributed by atoms with E-state index in [4.69, 9.17) is 10.5 Å². The van der Waals surface area contributed by atoms with Gasteiger partial charge in [-0.3, -0.25) is 4.79 Å². The van der Waals surface area contributed by atoms with Gasteiger partial charge >= 0.3 is 0 Å². The number of benzene rings is 3. The van der Waals surface area contributed by atoms with Crippen molar-refractivity contribution in [3.05, 3.63) is 119 Å². The monoisotopic (exact) mass is 418 g/mol. The number of ketones is 1. The lowest BCUT2D eigenvalue weighted by Crippen LogP contribution is -2.29. The molecule has 1 aliphatic heterocycles. The molecule has 32 heavy (non-hydrogen) atoms. The fourth-order valence-corrected chi connectivity index (χ4v) is 4.70. The Hall–Kier alpha value is -4.10. The fraction of sp³-hybridized carbons (Fsp3) is 0.143. The van der Waals surface area contributed by atoms with E-state index >= 15 is 0 Å². The number of Topliss-reactive ketones (excluding diaryl/α,β-unsaturated/α-hetero) is 1. The summed E-state index contributed by atoms with van der Waals surface area (Å²) < 4.78 is 5.85. The smallest absolute Gasteiger partial charge is 0.205 e. The summed E-state index contributed by atoms with van der Waals surface area (Å²) in [6.07, 6.45) is 0.979. The first kappa shape index (κ1) is 19.8. The van der Waals surface area contributed by atoms with E-state index < -0.39 is 5.92 Å². The maximum absolute atomic E-state index is 13.3. The summed E-state index contributed by atoms with van der Waals surface area (Å²) >= 11 is 0. The van der Waals surface area contributed by atoms with E-state index in [9.17, 15) is 10.1 Å². The van der Waals surface area contributed by atoms with Crippen LogP contribution in [-0.4, -0.2) is 5.78 Å². The lowest BCUT2D eigenvalue weighted by atomic mass is 9.73. The van der Waals surface area contributed by atoms with Crippen LogP contribution in [-0.2, 0) is 9.53 Å². The number of nitriles is 1. The Labute approximate surface area is 187 Å². The number of hydrogen-bond donors (Lipinski definition) is 1. The molecule has 0 aromatic heterocycles. The number of ether oxygens (including phenoxy) is 1. The summed E-state index contributed by atoms with van der Waals surface area (Å²) in [5, 5.41) is 9.83. The van der Waals surface area contributed by atoms with Gasteiger partial charge in [0.25, 0.3) is 0 Å². The molecule has 0 bridgehead atoms. The van der Waals surface area contributed by atoms with Crippen molar-refractivity contribution in [1.29, 1.82) is 5.26 Å². The van der Waals surface area contributed by atoms with Crippen molar-refractivity contribution in [3.8, 4) is 17.2 Å². The molecule has 5 rings (SSSR count). The molecule has 0 spiro atoms. The lowest BCUT2D eigenvalue weighted by molar-refractivity contribution is -0.117. The molecule has 0 unspecified atom stereocenters. The lowest BCUT2D eigenvalue weighted by Gasteiger charge is -2.34. The van der Waals surface area contributed by atoms with Gasteiger partial charge in [0.2, 0.25) is 5.88 Å². The summed E-state index contributed by atoms with van der Waals surface area (Å²) in [5.41, 5.74) is 11.2. The molecule has 2 N–H and O–H groups in total. The maximum Gasteiger partial charge on any atom is 0.205 e. The van der Waals surface area contributed by atoms with E-state index in [1.807, 2.05) is 72.8 Å². The molecule has 1 aliphatic carbocycles. The van der Waals surface area contributed by atoms with E-state index in [0.29, 0.717) is 29.7 Å². The first-order chi connectivity index (χ1) is 15.7. The minimum Gasteiger partial charge on any atom is -0.444 e. The highest BCUT2D eigenvalue weighted by molar-refractivity contribution is 6.00. The number of carbonyl (C=O) groups excluding carboxylic acids is 1. The van der Waals surface area contributed by atoms with E-state index in [1.165, 1.54) is 0 Å². The van der Waals surface area contributed by atoms with Crippen molar-refractivity contribution in [2.45, 2.75) is 24.7 Å². The van der Waals surface area contributed by atoms with Crippen LogP contribution in [0, 0.1) is 11.3 Å². The third kappa shape index (κ3) is 3.48. The highest BCUT2D eigenvalue weighted by Gasteiger charge is 2.40. The Morgan fingerprint density at radius 3 is 2.09 bits per heavy atom. The summed E-state index contributed by atoms with van der Waals surface area (Å²) in [7, 11) is 0. The van der Waals surface area contributed by atoms with Gasteiger partial charge in [-0.05, 0) is 28.2 Å². The number of rotatable bonds is 3. The number of allylic oxidation sites excluding steroid dienone is 3. The highest BCUT2D eigenvalue weighted by atomic mass is 16.5. The van der Waals surface area contributed by atoms with Gasteiger partial charge in [0.1, 0.15) is 17.4 Å². The van der Waals surface area contributed by atoms with Crippen molar-refractivity contribution in [3.63, 3.8) is 0 Å². The number of hydrogen-bond acceptors (Lipinski definition) is 4. The van der Waals surface area contributed by atoms with Gasteiger partial charge < -0.3 is 10.5 Å². The van der Waals surface area contributed by atoms with Crippen molar-refractivity contribution in [1.82, 2.24) is 0 Å². The largest absolute Gasteiger partial charge is 0.444 e. The average Bonchev–Trinajstić information content (AvgIpc) is 2.84. The summed E-state index contributed by atoms with van der Waals surface area (Å²) in [4.78, 5) is 13.3. The Balaban J connectivity index is 1.54. The zero-order valence-corrected chi connectivity index (χ0v) is 17.5. The number of nitrogens with two attached hydrogens (primary N) is 1. The second kappa shape index (κ2) is 8.20. The van der Waals surface area contributed by atoms with Crippen LogP contribution < -0.4 is 5.73 Å².